The number of hydrogen-bond acceptors (Lipinski definition) is 9. The van der Waals surface area contributed by atoms with Crippen molar-refractivity contribution in [2.75, 3.05) is 0 Å². The fraction of sp³-hybridized carbons (Fsp3) is 0.333. The topological polar surface area (TPSA) is 308 Å². The van der Waals surface area contributed by atoms with Gasteiger partial charge in [0.2, 0.25) is 0 Å². The zero-order valence-corrected chi connectivity index (χ0v) is 13.8. The minimum absolute atomic E-state index is 0.626. The van der Waals surface area contributed by atoms with Crippen LogP contribution in [0.2, 0.25) is 0 Å². The fourth-order valence-electron chi connectivity index (χ4n) is 2.73. The maximum absolute atomic E-state index is 9.15. The molecule has 0 aromatic carbocycles. The summed E-state index contributed by atoms with van der Waals surface area (Å²) in [7, 11) is 1.26. The van der Waals surface area contributed by atoms with E-state index in [0.29, 0.717) is 21.6 Å². The summed E-state index contributed by atoms with van der Waals surface area (Å²) >= 11 is 0. The summed E-state index contributed by atoms with van der Waals surface area (Å²) in [4.78, 5) is 0. The molecule has 1 unspecified atom stereocenters. The molecular formula is C9H18N12OS2. The molecule has 0 aromatic heterocycles. The van der Waals surface area contributed by atoms with E-state index in [1.54, 1.807) is 0 Å². The van der Waals surface area contributed by atoms with Gasteiger partial charge in [0.1, 0.15) is 34.6 Å². The summed E-state index contributed by atoms with van der Waals surface area (Å²) in [5, 5.41) is 51.7. The van der Waals surface area contributed by atoms with Crippen LogP contribution in [0.1, 0.15) is 0 Å². The van der Waals surface area contributed by atoms with Gasteiger partial charge in [-0.3, -0.25) is 27.0 Å². The van der Waals surface area contributed by atoms with Crippen molar-refractivity contribution in [1.29, 1.82) is 27.0 Å². The molecule has 1 heterocycles. The van der Waals surface area contributed by atoms with E-state index in [1.807, 2.05) is 0 Å². The van der Waals surface area contributed by atoms with Crippen LogP contribution in [0.25, 0.3) is 0 Å². The molecule has 0 spiro atoms. The van der Waals surface area contributed by atoms with E-state index >= 15 is 0 Å². The van der Waals surface area contributed by atoms with E-state index in [4.69, 9.17) is 66.7 Å². The van der Waals surface area contributed by atoms with Crippen molar-refractivity contribution < 1.29 is 5.21 Å². The molecule has 0 aliphatic carbocycles. The molecule has 13 nitrogen and oxygen atoms in total. The van der Waals surface area contributed by atoms with Gasteiger partial charge in [0.15, 0.2) is 15.3 Å². The molecule has 132 valence electrons. The van der Waals surface area contributed by atoms with Gasteiger partial charge in [-0.1, -0.05) is 26.7 Å². The molecule has 15 heteroatoms. The predicted molar refractivity (Wildman–Crippen MR) is 96.1 cm³/mol. The Morgan fingerprint density at radius 3 is 1.25 bits per heavy atom. The average molecular weight is 374 g/mol. The zero-order chi connectivity index (χ0) is 19.1. The summed E-state index contributed by atoms with van der Waals surface area (Å²) in [5.41, 5.74) is 31.5. The van der Waals surface area contributed by atoms with Crippen LogP contribution in [0.15, 0.2) is 5.16 Å². The van der Waals surface area contributed by atoms with Gasteiger partial charge < -0.3 is 39.6 Å². The Balaban J connectivity index is 4.22. The van der Waals surface area contributed by atoms with Crippen LogP contribution in [-0.2, 0) is 0 Å². The minimum atomic E-state index is -2.41. The highest BCUT2D eigenvalue weighted by Crippen LogP contribution is 2.67. The van der Waals surface area contributed by atoms with Gasteiger partial charge in [-0.15, -0.1) is 0 Å². The van der Waals surface area contributed by atoms with Gasteiger partial charge in [-0.25, -0.2) is 0 Å². The third kappa shape index (κ3) is 1.78. The summed E-state index contributed by atoms with van der Waals surface area (Å²) in [5.74, 6) is -4.75. The van der Waals surface area contributed by atoms with Crippen molar-refractivity contribution in [2.24, 2.45) is 45.0 Å². The van der Waals surface area contributed by atoms with Crippen LogP contribution < -0.4 is 34.4 Å². The number of amidine groups is 6. The lowest BCUT2D eigenvalue weighted by Gasteiger charge is -2.47. The molecule has 1 saturated heterocycles. The number of hydrogen-bond donors (Lipinski definition) is 12. The molecular weight excluding hydrogens is 356 g/mol. The molecule has 1 atom stereocenters. The highest BCUT2D eigenvalue weighted by Gasteiger charge is 2.79. The first-order chi connectivity index (χ1) is 10.9. The Bertz CT molecular complexity index is 658. The van der Waals surface area contributed by atoms with E-state index < -0.39 is 49.9 Å². The first kappa shape index (κ1) is 19.4. The number of rotatable bonds is 6. The van der Waals surface area contributed by atoms with Gasteiger partial charge in [0.05, 0.1) is 0 Å². The van der Waals surface area contributed by atoms with Crippen molar-refractivity contribution in [1.82, 2.24) is 0 Å². The van der Waals surface area contributed by atoms with Gasteiger partial charge in [0, 0.05) is 0 Å². The molecule has 1 rings (SSSR count). The first-order valence-electron chi connectivity index (χ1n) is 5.98. The van der Waals surface area contributed by atoms with Crippen LogP contribution in [0.5, 0.6) is 0 Å². The smallest absolute Gasteiger partial charge is 0.165 e. The predicted octanol–water partition coefficient (Wildman–Crippen LogP) is -2.73. The van der Waals surface area contributed by atoms with Gasteiger partial charge in [0.25, 0.3) is 0 Å². The highest BCUT2D eigenvalue weighted by molar-refractivity contribution is 8.79. The number of oxime groups is 1. The molecule has 0 radical (unpaired) electrons. The lowest BCUT2D eigenvalue weighted by atomic mass is 9.61. The second kappa shape index (κ2) is 5.75. The zero-order valence-electron chi connectivity index (χ0n) is 12.2. The van der Waals surface area contributed by atoms with Crippen molar-refractivity contribution in [3.63, 3.8) is 0 Å². The Morgan fingerprint density at radius 1 is 0.667 bits per heavy atom. The SMILES string of the molecule is N=C(N)C1(C(=N)N)SSC(C(=N)N)(/C(N)=N/O)C1(C(=N)N)C(=N)N. The van der Waals surface area contributed by atoms with E-state index in [-0.39, 0.29) is 0 Å². The monoisotopic (exact) mass is 374 g/mol. The summed E-state index contributed by atoms with van der Waals surface area (Å²) in [6.07, 6.45) is 0. The largest absolute Gasteiger partial charge is 0.409 e. The maximum Gasteiger partial charge on any atom is 0.165 e. The van der Waals surface area contributed by atoms with E-state index in [2.05, 4.69) is 5.16 Å². The van der Waals surface area contributed by atoms with E-state index in [0.717, 1.165) is 0 Å². The first-order valence-corrected chi connectivity index (χ1v) is 8.13. The second-order valence-corrected chi connectivity index (χ2v) is 7.39. The molecule has 1 aliphatic rings. The molecule has 24 heavy (non-hydrogen) atoms. The van der Waals surface area contributed by atoms with Crippen LogP contribution in [-0.4, -0.2) is 49.7 Å². The molecule has 1 fully saturated rings. The third-order valence-electron chi connectivity index (χ3n) is 3.76. The average Bonchev–Trinajstić information content (AvgIpc) is 2.80. The minimum Gasteiger partial charge on any atom is -0.409 e. The molecule has 0 amide bonds. The summed E-state index contributed by atoms with van der Waals surface area (Å²) in [6, 6.07) is 0. The van der Waals surface area contributed by atoms with Crippen molar-refractivity contribution in [3.05, 3.63) is 0 Å². The fourth-order valence-corrected chi connectivity index (χ4v) is 7.00. The molecule has 0 saturated carbocycles. The standard InChI is InChI=1S/C9H18N12OS2/c10-1(11)7(2(12)13)8(3(14)15,4(16)17)23-24-9(7,5(18)19)6(20)21-22/h22H,(H3,10,11)(H3,12,13)(H3,14,15)(H3,16,17)(H3,18,19)(H2,20,21). The van der Waals surface area contributed by atoms with Crippen LogP contribution in [0.4, 0.5) is 0 Å². The maximum atomic E-state index is 9.15. The van der Waals surface area contributed by atoms with E-state index in [9.17, 15) is 0 Å². The van der Waals surface area contributed by atoms with Crippen LogP contribution in [0.3, 0.4) is 0 Å². The number of nitrogens with two attached hydrogens (primary N) is 6. The highest BCUT2D eigenvalue weighted by atomic mass is 33.1. The number of nitrogens with one attached hydrogen (secondary N) is 5. The normalized spacial score (nSPS) is 32.9. The van der Waals surface area contributed by atoms with Gasteiger partial charge >= 0.3 is 0 Å². The molecule has 1 aliphatic heterocycles. The molecule has 0 bridgehead atoms. The number of nitrogens with zero attached hydrogens (tertiary/aromatic N) is 1. The Kier molecular flexibility index (Phi) is 4.64. The Morgan fingerprint density at radius 2 is 1.00 bits per heavy atom. The van der Waals surface area contributed by atoms with Crippen molar-refractivity contribution in [2.45, 2.75) is 9.49 Å². The van der Waals surface area contributed by atoms with Gasteiger partial charge in [-0.05, 0) is 0 Å². The van der Waals surface area contributed by atoms with Gasteiger partial charge in [-0.2, -0.15) is 0 Å². The van der Waals surface area contributed by atoms with Crippen LogP contribution in [0, 0.1) is 32.5 Å². The Labute approximate surface area is 143 Å². The lowest BCUT2D eigenvalue weighted by molar-refractivity contribution is 0.314. The third-order valence-corrected chi connectivity index (χ3v) is 7.58. The second-order valence-electron chi connectivity index (χ2n) is 4.83. The van der Waals surface area contributed by atoms with Crippen molar-refractivity contribution >= 4 is 56.6 Å². The Hall–Kier alpha value is -2.68. The summed E-state index contributed by atoms with van der Waals surface area (Å²) < 4.78 is -4.31. The van der Waals surface area contributed by atoms with Crippen LogP contribution >= 0.6 is 21.6 Å². The summed E-state index contributed by atoms with van der Waals surface area (Å²) in [6.45, 7) is 0. The van der Waals surface area contributed by atoms with Crippen molar-refractivity contribution in [3.8, 4) is 0 Å². The molecule has 0 aromatic rings. The lowest BCUT2D eigenvalue weighted by Crippen LogP contribution is -2.78. The quantitative estimate of drug-likeness (QED) is 0.0753. The molecule has 18 N–H and O–H groups in total. The van der Waals surface area contributed by atoms with E-state index in [1.165, 1.54) is 0 Å².